The lowest BCUT2D eigenvalue weighted by atomic mass is 9.93. The quantitative estimate of drug-likeness (QED) is 0.165. The van der Waals surface area contributed by atoms with Crippen LogP contribution in [0.4, 0.5) is 33.5 Å². The van der Waals surface area contributed by atoms with E-state index in [9.17, 15) is 26.0 Å². The van der Waals surface area contributed by atoms with Gasteiger partial charge in [-0.25, -0.2) is 21.5 Å². The summed E-state index contributed by atoms with van der Waals surface area (Å²) < 4.78 is 111. The number of hydrogen-bond acceptors (Lipinski definition) is 10. The summed E-state index contributed by atoms with van der Waals surface area (Å²) >= 11 is 12.5. The van der Waals surface area contributed by atoms with E-state index in [0.29, 0.717) is 49.8 Å². The topological polar surface area (TPSA) is 155 Å². The molecule has 12 nitrogen and oxygen atoms in total. The fraction of sp³-hybridized carbons (Fsp3) is 0.581. The van der Waals surface area contributed by atoms with E-state index >= 15 is 4.39 Å². The van der Waals surface area contributed by atoms with Crippen molar-refractivity contribution in [2.45, 2.75) is 62.7 Å². The molecule has 0 amide bonds. The number of aromatic nitrogens is 2. The van der Waals surface area contributed by atoms with Crippen molar-refractivity contribution in [3.8, 4) is 6.01 Å². The van der Waals surface area contributed by atoms with Gasteiger partial charge >= 0.3 is 12.2 Å². The Morgan fingerprint density at radius 2 is 2.02 bits per heavy atom. The molecule has 4 aliphatic heterocycles. The molecule has 1 aromatic carbocycles. The van der Waals surface area contributed by atoms with Crippen molar-refractivity contribution in [3.63, 3.8) is 0 Å². The molecule has 3 atom stereocenters. The van der Waals surface area contributed by atoms with Crippen LogP contribution in [0.5, 0.6) is 6.01 Å². The minimum atomic E-state index is -5.03. The van der Waals surface area contributed by atoms with E-state index in [1.165, 1.54) is 14.1 Å². The molecule has 4 aliphatic rings. The third kappa shape index (κ3) is 7.24. The number of nitrogens with one attached hydrogen (secondary N) is 1. The molecule has 0 saturated carbocycles. The van der Waals surface area contributed by atoms with Gasteiger partial charge in [0.05, 0.1) is 53.3 Å². The van der Waals surface area contributed by atoms with Gasteiger partial charge in [0.25, 0.3) is 10.0 Å². The predicted octanol–water partition coefficient (Wildman–Crippen LogP) is 3.73. The number of hydrogen-bond donors (Lipinski definition) is 3. The van der Waals surface area contributed by atoms with E-state index < -0.39 is 66.7 Å². The van der Waals surface area contributed by atoms with Crippen LogP contribution in [-0.2, 0) is 34.0 Å². The minimum absolute atomic E-state index is 0.00933. The Hall–Kier alpha value is -2.87. The molecule has 6 rings (SSSR count). The molecule has 0 spiro atoms. The molecular formula is C31H38Cl2F5N8O4S+. The van der Waals surface area contributed by atoms with E-state index in [1.54, 1.807) is 10.2 Å². The maximum atomic E-state index is 15.4. The highest BCUT2D eigenvalue weighted by molar-refractivity contribution is 8.05. The van der Waals surface area contributed by atoms with Gasteiger partial charge in [-0.2, -0.15) is 23.1 Å². The second-order valence-electron chi connectivity index (χ2n) is 13.4. The van der Waals surface area contributed by atoms with Crippen LogP contribution in [0.1, 0.15) is 54.2 Å². The van der Waals surface area contributed by atoms with Gasteiger partial charge in [0.15, 0.2) is 10.9 Å². The second-order valence-corrected chi connectivity index (χ2v) is 16.3. The average Bonchev–Trinajstić information content (AvgIpc) is 3.47. The zero-order valence-electron chi connectivity index (χ0n) is 27.8. The number of rotatable bonds is 7. The monoisotopic (exact) mass is 783 g/mol. The summed E-state index contributed by atoms with van der Waals surface area (Å²) in [6.45, 7) is 1.61. The second kappa shape index (κ2) is 14.2. The highest BCUT2D eigenvalue weighted by Gasteiger charge is 2.50. The summed E-state index contributed by atoms with van der Waals surface area (Å²) in [5.74, 6) is -1.03. The number of benzene rings is 1. The number of alkyl halides is 4. The van der Waals surface area contributed by atoms with Crippen molar-refractivity contribution >= 4 is 49.8 Å². The normalized spacial score (nSPS) is 25.5. The Labute approximate surface area is 301 Å². The van der Waals surface area contributed by atoms with Crippen LogP contribution in [0, 0.1) is 11.2 Å². The summed E-state index contributed by atoms with van der Waals surface area (Å²) in [7, 11) is -1.59. The van der Waals surface area contributed by atoms with Crippen molar-refractivity contribution in [1.82, 2.24) is 19.2 Å². The Bertz CT molecular complexity index is 1870. The Kier molecular flexibility index (Phi) is 10.5. The van der Waals surface area contributed by atoms with Gasteiger partial charge in [-0.1, -0.05) is 23.2 Å². The standard InChI is InChI=1S/C31H37Cl2F5N8O4S/c1-44(2)51(47,48)27(40)25(33)21-13-45(7-4-6-41-21)28-17-14-49-22(23-24(31(36,37)38)18(32)9-19(39)26(23)35)10-20(17)42-29(43-28)50-15-30-5-3-8-46(30)12-16(34)11-30/h9,16,22,40-41H,3-8,10-15,39H2,1-2H3/p+1/b25-21+,40-27?/t16-,22?,30+/m1/s1. The number of fused-ring (bicyclic) bond motifs is 2. The number of nitrogens with two attached hydrogens (primary N) is 2. The van der Waals surface area contributed by atoms with E-state index in [-0.39, 0.29) is 61.7 Å². The summed E-state index contributed by atoms with van der Waals surface area (Å²) in [5.41, 5.74) is 3.28. The van der Waals surface area contributed by atoms with Crippen molar-refractivity contribution in [2.75, 3.05) is 64.1 Å². The molecule has 0 aliphatic carbocycles. The number of nitrogen functional groups attached to an aromatic ring is 1. The number of quaternary nitrogens is 1. The van der Waals surface area contributed by atoms with Crippen molar-refractivity contribution in [2.24, 2.45) is 0 Å². The fourth-order valence-electron chi connectivity index (χ4n) is 7.33. The highest BCUT2D eigenvalue weighted by atomic mass is 35.5. The molecule has 2 aromatic rings. The third-order valence-electron chi connectivity index (χ3n) is 9.88. The van der Waals surface area contributed by atoms with E-state index in [0.717, 1.165) is 10.7 Å². The van der Waals surface area contributed by atoms with Gasteiger partial charge < -0.3 is 25.4 Å². The van der Waals surface area contributed by atoms with Crippen LogP contribution in [0.25, 0.3) is 0 Å². The largest absolute Gasteiger partial charge is 0.461 e. The first-order valence-electron chi connectivity index (χ1n) is 16.3. The molecule has 3 fully saturated rings. The predicted molar refractivity (Wildman–Crippen MR) is 179 cm³/mol. The Morgan fingerprint density at radius 3 is 2.73 bits per heavy atom. The zero-order valence-corrected chi connectivity index (χ0v) is 30.1. The highest BCUT2D eigenvalue weighted by Crippen LogP contribution is 2.46. The molecule has 1 unspecified atom stereocenters. The third-order valence-corrected chi connectivity index (χ3v) is 12.4. The van der Waals surface area contributed by atoms with Crippen LogP contribution >= 0.6 is 23.2 Å². The number of nitrogens with zero attached hydrogens (tertiary/aromatic N) is 5. The van der Waals surface area contributed by atoms with Gasteiger partial charge in [-0.05, 0) is 25.5 Å². The first-order valence-corrected chi connectivity index (χ1v) is 18.5. The molecule has 0 bridgehead atoms. The van der Waals surface area contributed by atoms with Crippen LogP contribution in [0.15, 0.2) is 16.8 Å². The minimum Gasteiger partial charge on any atom is -0.461 e. The Morgan fingerprint density at radius 1 is 1.27 bits per heavy atom. The van der Waals surface area contributed by atoms with Gasteiger partial charge in [0.2, 0.25) is 0 Å². The first kappa shape index (κ1) is 37.9. The smallest absolute Gasteiger partial charge is 0.418 e. The molecule has 51 heavy (non-hydrogen) atoms. The van der Waals surface area contributed by atoms with E-state index in [1.807, 2.05) is 4.90 Å². The van der Waals surface area contributed by atoms with Crippen molar-refractivity contribution in [1.29, 1.82) is 5.41 Å². The van der Waals surface area contributed by atoms with Crippen molar-refractivity contribution in [3.05, 3.63) is 50.0 Å². The van der Waals surface area contributed by atoms with Gasteiger partial charge in [0, 0.05) is 57.6 Å². The van der Waals surface area contributed by atoms with Crippen LogP contribution in [0.2, 0.25) is 5.02 Å². The van der Waals surface area contributed by atoms with Crippen LogP contribution in [-0.4, -0.2) is 97.8 Å². The summed E-state index contributed by atoms with van der Waals surface area (Å²) in [4.78, 5) is 13.1. The average molecular weight is 785 g/mol. The lowest BCUT2D eigenvalue weighted by Gasteiger charge is -2.33. The van der Waals surface area contributed by atoms with Gasteiger partial charge in [-0.15, -0.1) is 0 Å². The molecule has 5 heterocycles. The molecular weight excluding hydrogens is 746 g/mol. The molecule has 1 aromatic heterocycles. The zero-order chi connectivity index (χ0) is 37.0. The molecule has 280 valence electrons. The summed E-state index contributed by atoms with van der Waals surface area (Å²) in [5, 5.41) is 8.23. The van der Waals surface area contributed by atoms with Gasteiger partial charge in [0.1, 0.15) is 29.3 Å². The lowest BCUT2D eigenvalue weighted by Crippen LogP contribution is -2.83. The maximum Gasteiger partial charge on any atom is 0.418 e. The SMILES string of the molecule is CN(C)S(=O)(=O)C(=N)/C(Cl)=C1/CN(c2nc(OC[C@@]34CCCN3C[C@H](F)C4)nc3c2COC(c2c(F)c(N)cc(Cl)c2C(F)(F)F)C3)CCC[NH2+]1. The van der Waals surface area contributed by atoms with E-state index in [4.69, 9.17) is 48.8 Å². The lowest BCUT2D eigenvalue weighted by molar-refractivity contribution is -0.605. The molecule has 0 radical (unpaired) electrons. The molecule has 20 heteroatoms. The van der Waals surface area contributed by atoms with Gasteiger partial charge in [-0.3, -0.25) is 10.3 Å². The fourth-order valence-corrected chi connectivity index (χ4v) is 8.81. The molecule has 3 saturated heterocycles. The number of anilines is 2. The number of halogens is 7. The number of ether oxygens (including phenoxy) is 2. The Balaban J connectivity index is 1.41. The number of sulfonamides is 1. The van der Waals surface area contributed by atoms with Crippen LogP contribution < -0.4 is 20.7 Å². The maximum absolute atomic E-state index is 15.4. The van der Waals surface area contributed by atoms with Crippen LogP contribution in [0.3, 0.4) is 0 Å². The summed E-state index contributed by atoms with van der Waals surface area (Å²) in [6, 6.07) is 0.585. The van der Waals surface area contributed by atoms with Crippen molar-refractivity contribution < 1.29 is 45.2 Å². The first-order chi connectivity index (χ1) is 23.9. The summed E-state index contributed by atoms with van der Waals surface area (Å²) in [6.07, 6.45) is -5.47. The molecule has 5 N–H and O–H groups in total. The van der Waals surface area contributed by atoms with E-state index in [2.05, 4.69) is 4.98 Å².